The summed E-state index contributed by atoms with van der Waals surface area (Å²) in [5.41, 5.74) is 0. The average Bonchev–Trinajstić information content (AvgIpc) is 2.76. The molecule has 0 bridgehead atoms. The minimum absolute atomic E-state index is 0.0323. The minimum Gasteiger partial charge on any atom is -0.492 e. The van der Waals surface area contributed by atoms with Crippen LogP contribution in [0.4, 0.5) is 0 Å². The van der Waals surface area contributed by atoms with E-state index in [0.717, 1.165) is 52.0 Å². The molecule has 1 aliphatic heterocycles. The Morgan fingerprint density at radius 2 is 1.80 bits per heavy atom. The molecule has 5 N–H and O–H groups in total. The molecule has 0 saturated carbocycles. The molecule has 0 radical (unpaired) electrons. The predicted molar refractivity (Wildman–Crippen MR) is 115 cm³/mol. The van der Waals surface area contributed by atoms with Gasteiger partial charge in [0.25, 0.3) is 0 Å². The van der Waals surface area contributed by atoms with Crippen molar-refractivity contribution in [2.75, 3.05) is 39.3 Å². The van der Waals surface area contributed by atoms with Gasteiger partial charge in [-0.05, 0) is 30.7 Å². The molecule has 1 aliphatic rings. The number of nitrogens with two attached hydrogens (primary N) is 1. The highest BCUT2D eigenvalue weighted by molar-refractivity contribution is 7.92. The number of benzene rings is 1. The van der Waals surface area contributed by atoms with Gasteiger partial charge >= 0.3 is 5.97 Å². The number of unbranched alkanes of at least 4 members (excludes halogenated alkanes) is 3. The van der Waals surface area contributed by atoms with Crippen LogP contribution in [0.2, 0.25) is 0 Å². The maximum absolute atomic E-state index is 12.7. The van der Waals surface area contributed by atoms with Crippen LogP contribution in [0.3, 0.4) is 0 Å². The van der Waals surface area contributed by atoms with E-state index >= 15 is 0 Å². The first-order chi connectivity index (χ1) is 14.4. The first-order valence-electron chi connectivity index (χ1n) is 10.3. The molecule has 1 fully saturated rings. The van der Waals surface area contributed by atoms with Crippen molar-refractivity contribution in [3.05, 3.63) is 24.3 Å². The van der Waals surface area contributed by atoms with Crippen LogP contribution in [0.1, 0.15) is 39.0 Å². The number of carboxylic acids is 1. The van der Waals surface area contributed by atoms with Gasteiger partial charge in [-0.25, -0.2) is 14.3 Å². The van der Waals surface area contributed by atoms with Gasteiger partial charge in [0, 0.05) is 32.7 Å². The lowest BCUT2D eigenvalue weighted by Gasteiger charge is -2.26. The molecule has 0 aromatic heterocycles. The zero-order chi connectivity index (χ0) is 22.4. The van der Waals surface area contributed by atoms with Crippen LogP contribution < -0.4 is 16.0 Å². The second kappa shape index (κ2) is 14.3. The maximum atomic E-state index is 12.7. The summed E-state index contributed by atoms with van der Waals surface area (Å²) in [7, 11) is -3.91. The van der Waals surface area contributed by atoms with Crippen molar-refractivity contribution in [2.45, 2.75) is 49.2 Å². The Labute approximate surface area is 179 Å². The van der Waals surface area contributed by atoms with Crippen molar-refractivity contribution in [1.29, 1.82) is 0 Å². The third kappa shape index (κ3) is 8.57. The van der Waals surface area contributed by atoms with E-state index in [1.54, 1.807) is 12.1 Å². The lowest BCUT2D eigenvalue weighted by molar-refractivity contribution is -0.136. The highest BCUT2D eigenvalue weighted by Gasteiger charge is 2.33. The third-order valence-electron chi connectivity index (χ3n) is 5.01. The summed E-state index contributed by atoms with van der Waals surface area (Å²) in [5.74, 6) is 2.80. The molecule has 1 saturated heterocycles. The van der Waals surface area contributed by atoms with Crippen molar-refractivity contribution in [3.63, 3.8) is 0 Å². The van der Waals surface area contributed by atoms with Gasteiger partial charge in [-0.2, -0.15) is 0 Å². The lowest BCUT2D eigenvalue weighted by atomic mass is 10.1. The number of nitrogens with zero attached hydrogens (tertiary/aromatic N) is 1. The number of ether oxygens (including phenoxy) is 1. The van der Waals surface area contributed by atoms with Gasteiger partial charge in [0.05, 0.1) is 4.90 Å². The first-order valence-corrected chi connectivity index (χ1v) is 11.9. The molecule has 0 amide bonds. The summed E-state index contributed by atoms with van der Waals surface area (Å²) in [5, 5.41) is 17.8. The van der Waals surface area contributed by atoms with E-state index in [2.05, 4.69) is 23.0 Å². The van der Waals surface area contributed by atoms with E-state index in [9.17, 15) is 18.3 Å². The van der Waals surface area contributed by atoms with Crippen molar-refractivity contribution in [1.82, 2.24) is 10.2 Å². The summed E-state index contributed by atoms with van der Waals surface area (Å²) in [6.07, 6.45) is 3.57. The van der Waals surface area contributed by atoms with E-state index in [0.29, 0.717) is 18.8 Å². The molecule has 172 valence electrons. The second-order valence-corrected chi connectivity index (χ2v) is 9.26. The first kappa shape index (κ1) is 26.3. The predicted octanol–water partition coefficient (Wildman–Crippen LogP) is 1.50. The lowest BCUT2D eigenvalue weighted by Crippen LogP contribution is -2.44. The van der Waals surface area contributed by atoms with Gasteiger partial charge in [0.2, 0.25) is 0 Å². The standard InChI is InChI=1S/C20H32N2O5S.H3NO/c1-2-3-4-5-6-19(20(23)24)28(25,26)18-9-7-17(8-10-18)27-16-15-22-13-11-21-12-14-22;1-2/h7-10,19,21H,2-6,11-16H2,1H3,(H,23,24);2H,1H2. The zero-order valence-corrected chi connectivity index (χ0v) is 18.4. The van der Waals surface area contributed by atoms with Crippen LogP contribution in [0.25, 0.3) is 0 Å². The van der Waals surface area contributed by atoms with Gasteiger partial charge in [-0.15, -0.1) is 0 Å². The highest BCUT2D eigenvalue weighted by Crippen LogP contribution is 2.23. The number of piperazine rings is 1. The smallest absolute Gasteiger partial charge is 0.322 e. The van der Waals surface area contributed by atoms with Crippen molar-refractivity contribution < 1.29 is 28.3 Å². The Bertz CT molecular complexity index is 706. The molecule has 9 nitrogen and oxygen atoms in total. The molecule has 10 heteroatoms. The van der Waals surface area contributed by atoms with Crippen molar-refractivity contribution in [3.8, 4) is 5.75 Å². The van der Waals surface area contributed by atoms with E-state index in [1.165, 1.54) is 12.1 Å². The summed E-state index contributed by atoms with van der Waals surface area (Å²) >= 11 is 0. The summed E-state index contributed by atoms with van der Waals surface area (Å²) < 4.78 is 31.2. The highest BCUT2D eigenvalue weighted by atomic mass is 32.2. The van der Waals surface area contributed by atoms with Gasteiger partial charge in [-0.3, -0.25) is 9.69 Å². The Kier molecular flexibility index (Phi) is 12.6. The van der Waals surface area contributed by atoms with Crippen LogP contribution in [0.15, 0.2) is 29.2 Å². The average molecular weight is 446 g/mol. The molecule has 1 heterocycles. The number of sulfone groups is 1. The van der Waals surface area contributed by atoms with Gasteiger partial charge in [0.1, 0.15) is 12.4 Å². The molecule has 1 atom stereocenters. The Hall–Kier alpha value is -1.72. The summed E-state index contributed by atoms with van der Waals surface area (Å²) in [6.45, 7) is 7.36. The van der Waals surface area contributed by atoms with Crippen LogP contribution in [0.5, 0.6) is 5.75 Å². The number of nitrogens with one attached hydrogen (secondary N) is 1. The fourth-order valence-corrected chi connectivity index (χ4v) is 4.87. The molecular formula is C20H35N3O6S. The van der Waals surface area contributed by atoms with Crippen LogP contribution in [0, 0.1) is 0 Å². The number of aliphatic carboxylic acids is 1. The minimum atomic E-state index is -3.91. The van der Waals surface area contributed by atoms with Crippen LogP contribution in [-0.4, -0.2) is 74.2 Å². The maximum Gasteiger partial charge on any atom is 0.322 e. The number of rotatable bonds is 12. The topological polar surface area (TPSA) is 142 Å². The van der Waals surface area contributed by atoms with Gasteiger partial charge in [-0.1, -0.05) is 32.6 Å². The van der Waals surface area contributed by atoms with E-state index < -0.39 is 21.1 Å². The molecular weight excluding hydrogens is 410 g/mol. The number of hydrogen-bond donors (Lipinski definition) is 4. The van der Waals surface area contributed by atoms with E-state index in [1.807, 2.05) is 0 Å². The van der Waals surface area contributed by atoms with Crippen molar-refractivity contribution in [2.24, 2.45) is 5.90 Å². The molecule has 0 aliphatic carbocycles. The van der Waals surface area contributed by atoms with E-state index in [-0.39, 0.29) is 11.3 Å². The monoisotopic (exact) mass is 445 g/mol. The molecule has 0 spiro atoms. The van der Waals surface area contributed by atoms with Crippen molar-refractivity contribution >= 4 is 15.8 Å². The number of hydrogen-bond acceptors (Lipinski definition) is 8. The second-order valence-electron chi connectivity index (χ2n) is 7.13. The van der Waals surface area contributed by atoms with Crippen LogP contribution >= 0.6 is 0 Å². The van der Waals surface area contributed by atoms with Gasteiger partial charge in [0.15, 0.2) is 15.1 Å². The summed E-state index contributed by atoms with van der Waals surface area (Å²) in [4.78, 5) is 13.9. The fourth-order valence-electron chi connectivity index (χ4n) is 3.29. The molecule has 2 rings (SSSR count). The van der Waals surface area contributed by atoms with Gasteiger partial charge < -0.3 is 20.4 Å². The zero-order valence-electron chi connectivity index (χ0n) is 17.6. The number of carboxylic acid groups (broad SMARTS) is 1. The molecule has 1 aromatic carbocycles. The molecule has 1 unspecified atom stereocenters. The Morgan fingerprint density at radius 3 is 2.37 bits per heavy atom. The Balaban J connectivity index is 0.00000218. The normalized spacial score (nSPS) is 15.7. The molecule has 30 heavy (non-hydrogen) atoms. The Morgan fingerprint density at radius 1 is 1.17 bits per heavy atom. The quantitative estimate of drug-likeness (QED) is 0.278. The largest absolute Gasteiger partial charge is 0.492 e. The third-order valence-corrected chi connectivity index (χ3v) is 7.12. The fraction of sp³-hybridized carbons (Fsp3) is 0.650. The number of carbonyl (C=O) groups is 1. The summed E-state index contributed by atoms with van der Waals surface area (Å²) in [6, 6.07) is 6.08. The SMILES string of the molecule is CCCCCCC(C(=O)O)S(=O)(=O)c1ccc(OCCN2CCNCC2)cc1.NO. The van der Waals surface area contributed by atoms with E-state index in [4.69, 9.17) is 9.94 Å². The molecule has 1 aromatic rings. The van der Waals surface area contributed by atoms with Crippen LogP contribution in [-0.2, 0) is 14.6 Å².